The topological polar surface area (TPSA) is 114 Å². The smallest absolute Gasteiger partial charge is 0.377 e. The summed E-state index contributed by atoms with van der Waals surface area (Å²) < 4.78 is 47.3. The van der Waals surface area contributed by atoms with Crippen molar-refractivity contribution < 1.29 is 27.5 Å². The summed E-state index contributed by atoms with van der Waals surface area (Å²) >= 11 is 0. The molecule has 0 radical (unpaired) electrons. The first-order chi connectivity index (χ1) is 19.6. The number of halogens is 3. The Morgan fingerprint density at radius 2 is 1.80 bits per heavy atom. The molecule has 0 unspecified atom stereocenters. The van der Waals surface area contributed by atoms with E-state index < -0.39 is 23.7 Å². The van der Waals surface area contributed by atoms with Crippen molar-refractivity contribution in [3.8, 4) is 0 Å². The van der Waals surface area contributed by atoms with E-state index in [1.807, 2.05) is 11.0 Å². The zero-order valence-electron chi connectivity index (χ0n) is 22.3. The predicted octanol–water partition coefficient (Wildman–Crippen LogP) is 2.51. The molecule has 1 aromatic carbocycles. The van der Waals surface area contributed by atoms with E-state index in [1.54, 1.807) is 9.47 Å². The van der Waals surface area contributed by atoms with Crippen LogP contribution in [0.25, 0.3) is 11.4 Å². The lowest BCUT2D eigenvalue weighted by atomic mass is 10.1. The van der Waals surface area contributed by atoms with Crippen LogP contribution in [0.15, 0.2) is 35.1 Å². The lowest BCUT2D eigenvalue weighted by Gasteiger charge is -2.36. The molecule has 1 N–H and O–H groups in total. The average Bonchev–Trinajstić information content (AvgIpc) is 3.59. The maximum absolute atomic E-state index is 13.9. The number of amides is 2. The van der Waals surface area contributed by atoms with Crippen molar-refractivity contribution in [1.29, 1.82) is 0 Å². The highest BCUT2D eigenvalue weighted by Gasteiger charge is 2.37. The normalized spacial score (nSPS) is 19.3. The Balaban J connectivity index is 1.40. The molecule has 1 atom stereocenters. The highest BCUT2D eigenvalue weighted by atomic mass is 19.4. The monoisotopic (exact) mass is 571 g/mol. The highest BCUT2D eigenvalue weighted by molar-refractivity contribution is 5.94. The minimum atomic E-state index is -4.48. The van der Waals surface area contributed by atoms with Gasteiger partial charge in [-0.3, -0.25) is 19.0 Å². The number of nitrogens with one attached hydrogen (secondary N) is 1. The van der Waals surface area contributed by atoms with Gasteiger partial charge in [0.1, 0.15) is 11.7 Å². The molecule has 2 aromatic heterocycles. The van der Waals surface area contributed by atoms with Gasteiger partial charge in [-0.25, -0.2) is 0 Å². The second-order valence-corrected chi connectivity index (χ2v) is 10.3. The molecule has 41 heavy (non-hydrogen) atoms. The largest absolute Gasteiger partial charge is 0.416 e. The third-order valence-corrected chi connectivity index (χ3v) is 7.81. The first-order valence-electron chi connectivity index (χ1n) is 13.4. The molecule has 0 spiro atoms. The molecular formula is C27H28F3N7O4. The van der Waals surface area contributed by atoms with Gasteiger partial charge in [0.05, 0.1) is 24.5 Å². The van der Waals surface area contributed by atoms with E-state index in [0.29, 0.717) is 75.9 Å². The molecule has 11 nitrogen and oxygen atoms in total. The first kappa shape index (κ1) is 27.0. The Hall–Kier alpha value is -4.20. The summed E-state index contributed by atoms with van der Waals surface area (Å²) in [7, 11) is 0. The van der Waals surface area contributed by atoms with Crippen molar-refractivity contribution in [2.24, 2.45) is 0 Å². The van der Waals surface area contributed by atoms with Crippen molar-refractivity contribution in [1.82, 2.24) is 24.1 Å². The van der Waals surface area contributed by atoms with Gasteiger partial charge in [0, 0.05) is 38.8 Å². The molecule has 216 valence electrons. The molecule has 14 heteroatoms. The van der Waals surface area contributed by atoms with Crippen LogP contribution in [0.5, 0.6) is 0 Å². The van der Waals surface area contributed by atoms with Crippen LogP contribution in [-0.2, 0) is 26.9 Å². The first-order valence-corrected chi connectivity index (χ1v) is 13.4. The average molecular weight is 572 g/mol. The van der Waals surface area contributed by atoms with Gasteiger partial charge in [-0.1, -0.05) is 6.08 Å². The number of aromatic nitrogens is 4. The summed E-state index contributed by atoms with van der Waals surface area (Å²) in [6, 6.07) is 3.49. The molecule has 1 fully saturated rings. The third-order valence-electron chi connectivity index (χ3n) is 7.81. The molecular weight excluding hydrogens is 543 g/mol. The molecule has 0 bridgehead atoms. The molecule has 1 saturated heterocycles. The predicted molar refractivity (Wildman–Crippen MR) is 143 cm³/mol. The number of ether oxygens (including phenoxy) is 1. The number of alkyl halides is 3. The second-order valence-electron chi connectivity index (χ2n) is 10.3. The van der Waals surface area contributed by atoms with Crippen LogP contribution in [0.2, 0.25) is 0 Å². The molecule has 3 aromatic rings. The highest BCUT2D eigenvalue weighted by Crippen LogP contribution is 2.35. The molecule has 2 amide bonds. The fourth-order valence-electron chi connectivity index (χ4n) is 5.67. The summed E-state index contributed by atoms with van der Waals surface area (Å²) in [5.74, 6) is 0.139. The molecule has 5 heterocycles. The van der Waals surface area contributed by atoms with E-state index in [9.17, 15) is 27.6 Å². The molecule has 0 aliphatic carbocycles. The number of nitrogens with zero attached hydrogens (tertiary/aromatic N) is 6. The Morgan fingerprint density at radius 1 is 1.07 bits per heavy atom. The third kappa shape index (κ3) is 4.96. The van der Waals surface area contributed by atoms with Gasteiger partial charge < -0.3 is 19.9 Å². The van der Waals surface area contributed by atoms with Crippen LogP contribution in [0, 0.1) is 0 Å². The minimum Gasteiger partial charge on any atom is -0.377 e. The van der Waals surface area contributed by atoms with Crippen molar-refractivity contribution in [2.75, 3.05) is 49.6 Å². The Morgan fingerprint density at radius 3 is 2.44 bits per heavy atom. The zero-order valence-corrected chi connectivity index (χ0v) is 22.3. The number of rotatable bonds is 4. The van der Waals surface area contributed by atoms with Crippen molar-refractivity contribution in [2.45, 2.75) is 38.4 Å². The van der Waals surface area contributed by atoms with Crippen molar-refractivity contribution >= 4 is 34.5 Å². The number of hydrogen-bond acceptors (Lipinski definition) is 7. The lowest BCUT2D eigenvalue weighted by molar-refractivity contribution is -0.137. The molecule has 3 aliphatic heterocycles. The van der Waals surface area contributed by atoms with Gasteiger partial charge in [-0.15, -0.1) is 5.10 Å². The van der Waals surface area contributed by atoms with Crippen LogP contribution in [0.3, 0.4) is 0 Å². The summed E-state index contributed by atoms with van der Waals surface area (Å²) in [5, 5.41) is 7.26. The van der Waals surface area contributed by atoms with Gasteiger partial charge in [0.25, 0.3) is 5.56 Å². The fraction of sp³-hybridized carbons (Fsp3) is 0.444. The number of hydrogen-bond donors (Lipinski definition) is 1. The standard InChI is InChI=1S/C27H28F3N7O4/c1-16(38)34-10-12-35(13-11-34)22-20-6-7-21(24(39)31-19-4-2-18(3-5-19)27(28,29)30)36(20)26-32-23(33-37(26)25(22)40)17-8-14-41-15-9-17/h2-5,8,21H,6-7,9-15H2,1H3,(H,31,39)/t21-/m1/s1. The fourth-order valence-corrected chi connectivity index (χ4v) is 5.67. The second kappa shape index (κ2) is 10.3. The van der Waals surface area contributed by atoms with Crippen LogP contribution >= 0.6 is 0 Å². The number of fused-ring (bicyclic) bond motifs is 3. The maximum atomic E-state index is 13.9. The van der Waals surface area contributed by atoms with Gasteiger partial charge in [-0.05, 0) is 49.1 Å². The van der Waals surface area contributed by atoms with Crippen LogP contribution in [0.1, 0.15) is 42.9 Å². The van der Waals surface area contributed by atoms with E-state index in [4.69, 9.17) is 4.74 Å². The van der Waals surface area contributed by atoms with E-state index in [-0.39, 0.29) is 22.9 Å². The van der Waals surface area contributed by atoms with Gasteiger partial charge in [0.15, 0.2) is 5.82 Å². The summed E-state index contributed by atoms with van der Waals surface area (Å²) in [6.45, 7) is 4.22. The lowest BCUT2D eigenvalue weighted by Crippen LogP contribution is -2.50. The van der Waals surface area contributed by atoms with Crippen molar-refractivity contribution in [3.63, 3.8) is 0 Å². The zero-order chi connectivity index (χ0) is 28.9. The van der Waals surface area contributed by atoms with E-state index in [0.717, 1.165) is 17.7 Å². The van der Waals surface area contributed by atoms with Crippen LogP contribution < -0.4 is 15.8 Å². The number of benzene rings is 1. The number of carbonyl (C=O) groups excluding carboxylic acids is 2. The Bertz CT molecular complexity index is 1600. The molecule has 3 aliphatic rings. The van der Waals surface area contributed by atoms with Crippen LogP contribution in [-0.4, -0.2) is 75.3 Å². The number of carbonyl (C=O) groups is 2. The van der Waals surface area contributed by atoms with Gasteiger partial charge in [0.2, 0.25) is 17.6 Å². The number of anilines is 2. The van der Waals surface area contributed by atoms with E-state index in [1.165, 1.54) is 23.6 Å². The minimum absolute atomic E-state index is 0.0345. The number of piperazine rings is 1. The quantitative estimate of drug-likeness (QED) is 0.512. The van der Waals surface area contributed by atoms with E-state index in [2.05, 4.69) is 15.4 Å². The summed E-state index contributed by atoms with van der Waals surface area (Å²) in [5.41, 5.74) is 0.971. The maximum Gasteiger partial charge on any atom is 0.416 e. The summed E-state index contributed by atoms with van der Waals surface area (Å²) in [6.07, 6.45) is -1.26. The SMILES string of the molecule is CC(=O)N1CCN(c2c3n(c4nc(C5=CCOCC5)nn4c2=O)[C@@H](C(=O)Nc2ccc(C(F)(F)F)cc2)CC3)CC1. The van der Waals surface area contributed by atoms with E-state index >= 15 is 0 Å². The molecule has 6 rings (SSSR count). The summed E-state index contributed by atoms with van der Waals surface area (Å²) in [4.78, 5) is 47.6. The Kier molecular flexibility index (Phi) is 6.80. The van der Waals surface area contributed by atoms with Crippen LogP contribution in [0.4, 0.5) is 24.5 Å². The Labute approximate surface area is 232 Å². The van der Waals surface area contributed by atoms with Crippen molar-refractivity contribution in [3.05, 3.63) is 57.8 Å². The van der Waals surface area contributed by atoms with Gasteiger partial charge >= 0.3 is 6.18 Å². The van der Waals surface area contributed by atoms with Gasteiger partial charge in [-0.2, -0.15) is 22.7 Å². The molecule has 0 saturated carbocycles.